The van der Waals surface area contributed by atoms with Gasteiger partial charge in [0.25, 0.3) is 0 Å². The molecule has 3 atom stereocenters. The minimum absolute atomic E-state index is 0.149. The zero-order valence-corrected chi connectivity index (χ0v) is 25.0. The molecule has 0 unspecified atom stereocenters. The lowest BCUT2D eigenvalue weighted by Crippen LogP contribution is -2.58. The lowest BCUT2D eigenvalue weighted by Gasteiger charge is -2.34. The van der Waals surface area contributed by atoms with E-state index in [2.05, 4.69) is 16.0 Å². The second-order valence-corrected chi connectivity index (χ2v) is 11.6. The van der Waals surface area contributed by atoms with Crippen LogP contribution < -0.4 is 20.7 Å². The van der Waals surface area contributed by atoms with Gasteiger partial charge in [0.05, 0.1) is 6.04 Å². The molecule has 0 saturated heterocycles. The van der Waals surface area contributed by atoms with Crippen LogP contribution in [0.4, 0.5) is 0 Å². The third-order valence-electron chi connectivity index (χ3n) is 7.38. The second kappa shape index (κ2) is 15.4. The number of para-hydroxylation sites is 1. The second-order valence-electron chi connectivity index (χ2n) is 11.6. The topological polar surface area (TPSA) is 120 Å². The van der Waals surface area contributed by atoms with E-state index in [4.69, 9.17) is 4.74 Å². The van der Waals surface area contributed by atoms with Gasteiger partial charge in [0.2, 0.25) is 17.7 Å². The number of hydrogen-bond donors (Lipinski definition) is 4. The van der Waals surface area contributed by atoms with Crippen molar-refractivity contribution in [3.05, 3.63) is 59.7 Å². The lowest BCUT2D eigenvalue weighted by molar-refractivity contribution is -0.143. The fourth-order valence-electron chi connectivity index (χ4n) is 5.01. The van der Waals surface area contributed by atoms with Crippen LogP contribution in [-0.2, 0) is 27.2 Å². The van der Waals surface area contributed by atoms with Gasteiger partial charge in [-0.25, -0.2) is 0 Å². The van der Waals surface area contributed by atoms with Crippen LogP contribution in [0, 0.1) is 11.8 Å². The summed E-state index contributed by atoms with van der Waals surface area (Å²) >= 11 is 0. The third-order valence-corrected chi connectivity index (χ3v) is 7.38. The molecular weight excluding hydrogens is 520 g/mol. The molecular formula is C32H46N4O5. The van der Waals surface area contributed by atoms with Gasteiger partial charge in [-0.1, -0.05) is 58.0 Å². The van der Waals surface area contributed by atoms with Crippen LogP contribution in [0.3, 0.4) is 0 Å². The van der Waals surface area contributed by atoms with Crippen LogP contribution in [0.2, 0.25) is 0 Å². The molecule has 0 fully saturated rings. The quantitative estimate of drug-likeness (QED) is 0.442. The zero-order chi connectivity index (χ0) is 29.9. The third kappa shape index (κ3) is 9.49. The van der Waals surface area contributed by atoms with E-state index in [0.29, 0.717) is 32.5 Å². The summed E-state index contributed by atoms with van der Waals surface area (Å²) < 4.78 is 6.08. The molecule has 3 rings (SSSR count). The maximum Gasteiger partial charge on any atom is 0.245 e. The molecule has 4 N–H and O–H groups in total. The number of nitrogens with one attached hydrogen (secondary N) is 3. The van der Waals surface area contributed by atoms with Crippen LogP contribution in [0.1, 0.15) is 51.7 Å². The smallest absolute Gasteiger partial charge is 0.245 e. The zero-order valence-electron chi connectivity index (χ0n) is 25.0. The summed E-state index contributed by atoms with van der Waals surface area (Å²) in [5, 5.41) is 19.0. The number of phenols is 1. The molecule has 0 bridgehead atoms. The molecule has 1 aliphatic rings. The summed E-state index contributed by atoms with van der Waals surface area (Å²) in [7, 11) is 1.65. The number of ether oxygens (including phenoxy) is 1. The number of carbonyl (C=O) groups excluding carboxylic acids is 3. The minimum atomic E-state index is -0.805. The highest BCUT2D eigenvalue weighted by Gasteiger charge is 2.35. The van der Waals surface area contributed by atoms with Gasteiger partial charge in [-0.05, 0) is 66.8 Å². The fraction of sp³-hybridized carbons (Fsp3) is 0.531. The molecule has 41 heavy (non-hydrogen) atoms. The van der Waals surface area contributed by atoms with Gasteiger partial charge in [-0.3, -0.25) is 14.4 Å². The van der Waals surface area contributed by atoms with Gasteiger partial charge in [-0.2, -0.15) is 0 Å². The molecule has 0 radical (unpaired) electrons. The van der Waals surface area contributed by atoms with E-state index in [1.165, 1.54) is 4.90 Å². The number of aromatic hydroxyl groups is 1. The summed E-state index contributed by atoms with van der Waals surface area (Å²) in [5.74, 6) is 0.118. The highest BCUT2D eigenvalue weighted by atomic mass is 16.5. The number of likely N-dealkylation sites (N-methyl/N-ethyl adjacent to an activating group) is 1. The molecule has 3 amide bonds. The van der Waals surface area contributed by atoms with Crippen molar-refractivity contribution in [1.29, 1.82) is 0 Å². The first-order chi connectivity index (χ1) is 19.6. The Labute approximate surface area is 244 Å². The number of amides is 3. The monoisotopic (exact) mass is 566 g/mol. The molecule has 1 heterocycles. The van der Waals surface area contributed by atoms with Crippen molar-refractivity contribution < 1.29 is 24.2 Å². The van der Waals surface area contributed by atoms with Crippen LogP contribution in [-0.4, -0.2) is 72.6 Å². The average molecular weight is 567 g/mol. The highest BCUT2D eigenvalue weighted by Crippen LogP contribution is 2.20. The molecule has 9 nitrogen and oxygen atoms in total. The SMILES string of the molecule is CC(C)C[C@H]1C(=O)NCCCc2ccccc2OCCN[C@H](Cc2ccc(O)cc2)C(=O)N[C@H](C(C)C)C(=O)N1C. The maximum atomic E-state index is 13.8. The van der Waals surface area contributed by atoms with Gasteiger partial charge < -0.3 is 30.7 Å². The Bertz CT molecular complexity index is 1150. The number of fused-ring (bicyclic) bond motifs is 1. The summed E-state index contributed by atoms with van der Waals surface area (Å²) in [5.41, 5.74) is 1.91. The largest absolute Gasteiger partial charge is 0.508 e. The number of rotatable bonds is 5. The molecule has 0 aromatic heterocycles. The molecule has 224 valence electrons. The number of phenolic OH excluding ortho intramolecular Hbond substituents is 1. The number of aryl methyl sites for hydroxylation is 1. The number of benzene rings is 2. The Morgan fingerprint density at radius 1 is 0.976 bits per heavy atom. The van der Waals surface area contributed by atoms with Gasteiger partial charge in [0, 0.05) is 20.1 Å². The first kappa shape index (κ1) is 31.9. The van der Waals surface area contributed by atoms with Gasteiger partial charge in [0.1, 0.15) is 30.2 Å². The van der Waals surface area contributed by atoms with E-state index in [9.17, 15) is 19.5 Å². The van der Waals surface area contributed by atoms with E-state index < -0.39 is 18.1 Å². The Morgan fingerprint density at radius 2 is 1.68 bits per heavy atom. The van der Waals surface area contributed by atoms with Crippen molar-refractivity contribution in [1.82, 2.24) is 20.9 Å². The molecule has 2 aromatic rings. The standard InChI is InChI=1S/C32H46N4O5/c1-21(2)19-27-31(39)34-16-8-10-24-9-6-7-11-28(24)41-18-17-33-26(20-23-12-14-25(37)15-13-23)30(38)35-29(22(3)4)32(40)36(27)5/h6-7,9,11-15,21-22,26-27,29,33,37H,8,10,16-20H2,1-5H3,(H,34,39)(H,35,38)/t26-,27+,29-/m1/s1. The Morgan fingerprint density at radius 3 is 2.37 bits per heavy atom. The van der Waals surface area contributed by atoms with Crippen molar-refractivity contribution in [2.45, 2.75) is 71.5 Å². The molecule has 1 aliphatic heterocycles. The number of carbonyl (C=O) groups is 3. The summed E-state index contributed by atoms with van der Waals surface area (Å²) in [6, 6.07) is 12.5. The van der Waals surface area contributed by atoms with E-state index in [-0.39, 0.29) is 35.3 Å². The summed E-state index contributed by atoms with van der Waals surface area (Å²) in [6.45, 7) is 9.05. The molecule has 0 aliphatic carbocycles. The number of nitrogens with zero attached hydrogens (tertiary/aromatic N) is 1. The van der Waals surface area contributed by atoms with Crippen molar-refractivity contribution >= 4 is 17.7 Å². The van der Waals surface area contributed by atoms with Crippen LogP contribution in [0.15, 0.2) is 48.5 Å². The predicted molar refractivity (Wildman–Crippen MR) is 160 cm³/mol. The summed E-state index contributed by atoms with van der Waals surface area (Å²) in [4.78, 5) is 42.2. The predicted octanol–water partition coefficient (Wildman–Crippen LogP) is 3.05. The van der Waals surface area contributed by atoms with Crippen molar-refractivity contribution in [3.8, 4) is 11.5 Å². The van der Waals surface area contributed by atoms with Gasteiger partial charge >= 0.3 is 0 Å². The van der Waals surface area contributed by atoms with E-state index in [0.717, 1.165) is 29.7 Å². The minimum Gasteiger partial charge on any atom is -0.508 e. The first-order valence-corrected chi connectivity index (χ1v) is 14.6. The van der Waals surface area contributed by atoms with Crippen LogP contribution in [0.5, 0.6) is 11.5 Å². The molecule has 0 saturated carbocycles. The van der Waals surface area contributed by atoms with Gasteiger partial charge in [-0.15, -0.1) is 0 Å². The van der Waals surface area contributed by atoms with Crippen LogP contribution >= 0.6 is 0 Å². The van der Waals surface area contributed by atoms with Crippen molar-refractivity contribution in [2.24, 2.45) is 11.8 Å². The van der Waals surface area contributed by atoms with Crippen molar-refractivity contribution in [3.63, 3.8) is 0 Å². The Balaban J connectivity index is 1.91. The fourth-order valence-corrected chi connectivity index (χ4v) is 5.01. The van der Waals surface area contributed by atoms with Gasteiger partial charge in [0.15, 0.2) is 0 Å². The normalized spacial score (nSPS) is 21.9. The van der Waals surface area contributed by atoms with Crippen molar-refractivity contribution in [2.75, 3.05) is 26.7 Å². The van der Waals surface area contributed by atoms with E-state index >= 15 is 0 Å². The Kier molecular flexibility index (Phi) is 12.0. The van der Waals surface area contributed by atoms with E-state index in [1.807, 2.05) is 52.0 Å². The maximum absolute atomic E-state index is 13.8. The summed E-state index contributed by atoms with van der Waals surface area (Å²) in [6.07, 6.45) is 2.33. The number of hydrogen-bond acceptors (Lipinski definition) is 6. The average Bonchev–Trinajstić information content (AvgIpc) is 2.94. The lowest BCUT2D eigenvalue weighted by atomic mass is 9.97. The molecule has 0 spiro atoms. The molecule has 9 heteroatoms. The van der Waals surface area contributed by atoms with E-state index in [1.54, 1.807) is 31.3 Å². The Hall–Kier alpha value is -3.59. The van der Waals surface area contributed by atoms with Crippen LogP contribution in [0.25, 0.3) is 0 Å². The molecule has 2 aromatic carbocycles. The highest BCUT2D eigenvalue weighted by molar-refractivity contribution is 5.93. The first-order valence-electron chi connectivity index (χ1n) is 14.6.